The summed E-state index contributed by atoms with van der Waals surface area (Å²) in [6.07, 6.45) is -4.34. The van der Waals surface area contributed by atoms with E-state index < -0.39 is 23.6 Å². The van der Waals surface area contributed by atoms with Gasteiger partial charge in [0.05, 0.1) is 12.1 Å². The van der Waals surface area contributed by atoms with Gasteiger partial charge in [0.2, 0.25) is 5.91 Å². The Labute approximate surface area is 148 Å². The van der Waals surface area contributed by atoms with Crippen molar-refractivity contribution in [1.29, 1.82) is 0 Å². The maximum absolute atomic E-state index is 12.5. The van der Waals surface area contributed by atoms with E-state index in [1.54, 1.807) is 24.3 Å². The third-order valence-corrected chi connectivity index (χ3v) is 3.58. The lowest BCUT2D eigenvalue weighted by Crippen LogP contribution is -2.33. The average Bonchev–Trinajstić information content (AvgIpc) is 2.60. The Balaban J connectivity index is 1.82. The molecular formula is C18H18F3N3O2. The van der Waals surface area contributed by atoms with Crippen LogP contribution in [0, 0.1) is 0 Å². The summed E-state index contributed by atoms with van der Waals surface area (Å²) in [5, 5.41) is 5.51. The molecule has 0 radical (unpaired) electrons. The fourth-order valence-corrected chi connectivity index (χ4v) is 2.21. The van der Waals surface area contributed by atoms with E-state index in [2.05, 4.69) is 10.6 Å². The van der Waals surface area contributed by atoms with Gasteiger partial charge in [-0.25, -0.2) is 0 Å². The van der Waals surface area contributed by atoms with E-state index in [1.165, 1.54) is 12.1 Å². The maximum Gasteiger partial charge on any atom is 0.416 e. The van der Waals surface area contributed by atoms with Crippen molar-refractivity contribution in [3.63, 3.8) is 0 Å². The van der Waals surface area contributed by atoms with Gasteiger partial charge < -0.3 is 16.4 Å². The van der Waals surface area contributed by atoms with Crippen LogP contribution in [0.5, 0.6) is 0 Å². The van der Waals surface area contributed by atoms with Crippen LogP contribution in [0.1, 0.15) is 27.0 Å². The lowest BCUT2D eigenvalue weighted by atomic mass is 10.1. The van der Waals surface area contributed by atoms with Crippen molar-refractivity contribution in [3.8, 4) is 0 Å². The van der Waals surface area contributed by atoms with Gasteiger partial charge in [-0.1, -0.05) is 24.3 Å². The van der Waals surface area contributed by atoms with Gasteiger partial charge in [-0.05, 0) is 35.4 Å². The van der Waals surface area contributed by atoms with Gasteiger partial charge in [-0.15, -0.1) is 0 Å². The Morgan fingerprint density at radius 1 is 0.885 bits per heavy atom. The third-order valence-electron chi connectivity index (χ3n) is 3.58. The van der Waals surface area contributed by atoms with Crippen LogP contribution in [0.4, 0.5) is 13.2 Å². The number of hydrogen-bond acceptors (Lipinski definition) is 3. The molecule has 5 nitrogen and oxygen atoms in total. The predicted molar refractivity (Wildman–Crippen MR) is 90.0 cm³/mol. The standard InChI is InChI=1S/C18H18F3N3O2/c19-18(20,21)15-7-3-13(4-8-15)10-23-9-12-1-5-14(6-2-12)17(26)24-11-16(22)25/h1-8,23H,9-11H2,(H2,22,25)(H,24,26). The summed E-state index contributed by atoms with van der Waals surface area (Å²) in [6.45, 7) is 0.679. The summed E-state index contributed by atoms with van der Waals surface area (Å²) in [5.74, 6) is -1.02. The fraction of sp³-hybridized carbons (Fsp3) is 0.222. The molecule has 2 aromatic carbocycles. The number of alkyl halides is 3. The monoisotopic (exact) mass is 365 g/mol. The first-order valence-electron chi connectivity index (χ1n) is 7.78. The number of benzene rings is 2. The number of hydrogen-bond donors (Lipinski definition) is 3. The molecule has 0 aliphatic heterocycles. The first-order chi connectivity index (χ1) is 12.3. The zero-order chi connectivity index (χ0) is 19.2. The second kappa shape index (κ2) is 8.48. The van der Waals surface area contributed by atoms with E-state index in [0.29, 0.717) is 18.7 Å². The first-order valence-corrected chi connectivity index (χ1v) is 7.78. The van der Waals surface area contributed by atoms with Crippen molar-refractivity contribution in [3.05, 3.63) is 70.8 Å². The fourth-order valence-electron chi connectivity index (χ4n) is 2.21. The number of nitrogens with two attached hydrogens (primary N) is 1. The van der Waals surface area contributed by atoms with Gasteiger partial charge in [0, 0.05) is 18.7 Å². The molecule has 0 unspecified atom stereocenters. The van der Waals surface area contributed by atoms with Crippen LogP contribution >= 0.6 is 0 Å². The lowest BCUT2D eigenvalue weighted by molar-refractivity contribution is -0.137. The van der Waals surface area contributed by atoms with Gasteiger partial charge in [0.15, 0.2) is 0 Å². The largest absolute Gasteiger partial charge is 0.416 e. The Morgan fingerprint density at radius 2 is 1.38 bits per heavy atom. The van der Waals surface area contributed by atoms with E-state index in [9.17, 15) is 22.8 Å². The van der Waals surface area contributed by atoms with Crippen LogP contribution in [0.2, 0.25) is 0 Å². The van der Waals surface area contributed by atoms with Gasteiger partial charge in [-0.2, -0.15) is 13.2 Å². The summed E-state index contributed by atoms with van der Waals surface area (Å²) in [7, 11) is 0. The summed E-state index contributed by atoms with van der Waals surface area (Å²) < 4.78 is 37.5. The first kappa shape index (κ1) is 19.5. The smallest absolute Gasteiger partial charge is 0.368 e. The highest BCUT2D eigenvalue weighted by atomic mass is 19.4. The minimum atomic E-state index is -4.34. The van der Waals surface area contributed by atoms with E-state index in [0.717, 1.165) is 23.3 Å². The molecule has 0 fully saturated rings. The molecule has 0 saturated heterocycles. The summed E-state index contributed by atoms with van der Waals surface area (Å²) in [5.41, 5.74) is 6.33. The van der Waals surface area contributed by atoms with Crippen molar-refractivity contribution < 1.29 is 22.8 Å². The molecule has 0 aliphatic rings. The molecule has 26 heavy (non-hydrogen) atoms. The van der Waals surface area contributed by atoms with E-state index in [4.69, 9.17) is 5.73 Å². The summed E-state index contributed by atoms with van der Waals surface area (Å²) >= 11 is 0. The van der Waals surface area contributed by atoms with E-state index >= 15 is 0 Å². The van der Waals surface area contributed by atoms with Crippen LogP contribution in [-0.2, 0) is 24.1 Å². The molecular weight excluding hydrogens is 347 g/mol. The Morgan fingerprint density at radius 3 is 1.85 bits per heavy atom. The minimum absolute atomic E-state index is 0.227. The number of rotatable bonds is 7. The Kier molecular flexibility index (Phi) is 6.35. The highest BCUT2D eigenvalue weighted by molar-refractivity contribution is 5.96. The second-order valence-electron chi connectivity index (χ2n) is 5.64. The normalized spacial score (nSPS) is 11.2. The molecule has 0 heterocycles. The number of halogens is 3. The molecule has 2 aromatic rings. The Bertz CT molecular complexity index is 757. The van der Waals surface area contributed by atoms with Crippen LogP contribution in [0.3, 0.4) is 0 Å². The average molecular weight is 365 g/mol. The molecule has 0 aromatic heterocycles. The Hall–Kier alpha value is -2.87. The van der Waals surface area contributed by atoms with Gasteiger partial charge in [-0.3, -0.25) is 9.59 Å². The highest BCUT2D eigenvalue weighted by Crippen LogP contribution is 2.29. The van der Waals surface area contributed by atoms with Crippen molar-refractivity contribution in [2.24, 2.45) is 5.73 Å². The molecule has 0 atom stereocenters. The minimum Gasteiger partial charge on any atom is -0.368 e. The summed E-state index contributed by atoms with van der Waals surface area (Å²) in [4.78, 5) is 22.4. The van der Waals surface area contributed by atoms with Crippen LogP contribution < -0.4 is 16.4 Å². The quantitative estimate of drug-likeness (QED) is 0.703. The molecule has 0 spiro atoms. The number of nitrogens with one attached hydrogen (secondary N) is 2. The van der Waals surface area contributed by atoms with Crippen molar-refractivity contribution in [2.75, 3.05) is 6.54 Å². The number of carbonyl (C=O) groups is 2. The van der Waals surface area contributed by atoms with Crippen molar-refractivity contribution >= 4 is 11.8 Å². The van der Waals surface area contributed by atoms with E-state index in [1.807, 2.05) is 0 Å². The van der Waals surface area contributed by atoms with Crippen LogP contribution in [0.25, 0.3) is 0 Å². The van der Waals surface area contributed by atoms with Crippen molar-refractivity contribution in [1.82, 2.24) is 10.6 Å². The van der Waals surface area contributed by atoms with Gasteiger partial charge >= 0.3 is 6.18 Å². The van der Waals surface area contributed by atoms with E-state index in [-0.39, 0.29) is 6.54 Å². The van der Waals surface area contributed by atoms with Crippen molar-refractivity contribution in [2.45, 2.75) is 19.3 Å². The molecule has 2 amide bonds. The topological polar surface area (TPSA) is 84.2 Å². The highest BCUT2D eigenvalue weighted by Gasteiger charge is 2.29. The lowest BCUT2D eigenvalue weighted by Gasteiger charge is -2.09. The molecule has 138 valence electrons. The van der Waals surface area contributed by atoms with Gasteiger partial charge in [0.1, 0.15) is 0 Å². The van der Waals surface area contributed by atoms with Crippen LogP contribution in [-0.4, -0.2) is 18.4 Å². The number of primary amides is 1. The zero-order valence-corrected chi connectivity index (χ0v) is 13.8. The SMILES string of the molecule is NC(=O)CNC(=O)c1ccc(CNCc2ccc(C(F)(F)F)cc2)cc1. The number of carbonyl (C=O) groups excluding carboxylic acids is 2. The number of amides is 2. The predicted octanol–water partition coefficient (Wildman–Crippen LogP) is 2.21. The molecule has 0 aliphatic carbocycles. The zero-order valence-electron chi connectivity index (χ0n) is 13.8. The maximum atomic E-state index is 12.5. The molecule has 4 N–H and O–H groups in total. The second-order valence-corrected chi connectivity index (χ2v) is 5.64. The molecule has 0 saturated carbocycles. The summed E-state index contributed by atoms with van der Waals surface area (Å²) in [6, 6.07) is 11.7. The molecule has 8 heteroatoms. The van der Waals surface area contributed by atoms with Gasteiger partial charge in [0.25, 0.3) is 5.91 Å². The van der Waals surface area contributed by atoms with Crippen LogP contribution in [0.15, 0.2) is 48.5 Å². The molecule has 2 rings (SSSR count). The molecule has 0 bridgehead atoms. The third kappa shape index (κ3) is 5.89.